The number of thiocarbonyl (C=S) groups is 1. The number of halogens is 4. The topological polar surface area (TPSA) is 18.5 Å². The molecule has 17 heavy (non-hydrogen) atoms. The Bertz CT molecular complexity index is 446. The van der Waals surface area contributed by atoms with Crippen molar-refractivity contribution in [3.63, 3.8) is 0 Å². The van der Waals surface area contributed by atoms with E-state index in [9.17, 15) is 13.2 Å². The highest BCUT2D eigenvalue weighted by Gasteiger charge is 2.36. The molecule has 0 saturated carbocycles. The molecule has 0 atom stereocenters. The maximum absolute atomic E-state index is 12.8. The van der Waals surface area contributed by atoms with Crippen LogP contribution in [0.25, 0.3) is 0 Å². The van der Waals surface area contributed by atoms with Crippen LogP contribution in [-0.2, 0) is 6.18 Å². The predicted octanol–water partition coefficient (Wildman–Crippen LogP) is 3.64. The first kappa shape index (κ1) is 14.1. The molecule has 0 saturated heterocycles. The highest BCUT2D eigenvalue weighted by molar-refractivity contribution is 7.83. The fraction of sp³-hybridized carbons (Fsp3) is 0.300. The second-order valence-electron chi connectivity index (χ2n) is 3.03. The van der Waals surface area contributed by atoms with Crippen molar-refractivity contribution in [3.05, 3.63) is 23.3 Å². The molecule has 0 amide bonds. The molecule has 0 aliphatic carbocycles. The fourth-order valence-corrected chi connectivity index (χ4v) is 1.52. The van der Waals surface area contributed by atoms with E-state index >= 15 is 0 Å². The van der Waals surface area contributed by atoms with Crippen molar-refractivity contribution in [1.82, 2.24) is 0 Å². The number of rotatable bonds is 3. The maximum atomic E-state index is 12.8. The average Bonchev–Trinajstić information content (AvgIpc) is 2.25. The van der Waals surface area contributed by atoms with E-state index in [0.717, 1.165) is 13.2 Å². The van der Waals surface area contributed by atoms with Crippen LogP contribution < -0.4 is 9.47 Å². The summed E-state index contributed by atoms with van der Waals surface area (Å²) in [6.07, 6.45) is -4.57. The average molecular weight is 285 g/mol. The summed E-state index contributed by atoms with van der Waals surface area (Å²) >= 11 is 10.2. The van der Waals surface area contributed by atoms with Crippen LogP contribution in [0.3, 0.4) is 0 Å². The quantitative estimate of drug-likeness (QED) is 0.624. The number of hydrogen-bond donors (Lipinski definition) is 0. The molecule has 1 rings (SSSR count). The Morgan fingerprint density at radius 2 is 1.82 bits per heavy atom. The van der Waals surface area contributed by atoms with Crippen LogP contribution in [0.4, 0.5) is 13.2 Å². The Balaban J connectivity index is 3.54. The van der Waals surface area contributed by atoms with Gasteiger partial charge in [-0.1, -0.05) is 23.8 Å². The minimum absolute atomic E-state index is 0.0617. The summed E-state index contributed by atoms with van der Waals surface area (Å²) in [6.45, 7) is 0. The summed E-state index contributed by atoms with van der Waals surface area (Å²) < 4.78 is 47.7. The fourth-order valence-electron chi connectivity index (χ4n) is 1.29. The van der Waals surface area contributed by atoms with Crippen molar-refractivity contribution in [1.29, 1.82) is 0 Å². The standard InChI is InChI=1S/C10H8ClF3O2S/c1-15-7-4-5(9(11)17)3-6(8(7)16-2)10(12,13)14/h3-4H,1-2H3. The third-order valence-corrected chi connectivity index (χ3v) is 2.47. The van der Waals surface area contributed by atoms with E-state index in [0.29, 0.717) is 0 Å². The van der Waals surface area contributed by atoms with Gasteiger partial charge in [-0.05, 0) is 12.1 Å². The van der Waals surface area contributed by atoms with E-state index in [2.05, 4.69) is 12.2 Å². The molecule has 0 bridgehead atoms. The van der Waals surface area contributed by atoms with E-state index in [-0.39, 0.29) is 15.6 Å². The molecule has 0 spiro atoms. The normalized spacial score (nSPS) is 11.2. The number of methoxy groups -OCH3 is 2. The molecule has 0 N–H and O–H groups in total. The zero-order valence-electron chi connectivity index (χ0n) is 8.89. The van der Waals surface area contributed by atoms with Crippen molar-refractivity contribution >= 4 is 28.1 Å². The lowest BCUT2D eigenvalue weighted by Gasteiger charge is -2.16. The van der Waals surface area contributed by atoms with Gasteiger partial charge in [0.1, 0.15) is 9.89 Å². The first-order valence-electron chi connectivity index (χ1n) is 4.34. The Morgan fingerprint density at radius 3 is 2.18 bits per heavy atom. The third kappa shape index (κ3) is 3.01. The van der Waals surface area contributed by atoms with Crippen LogP contribution in [-0.4, -0.2) is 18.5 Å². The molecular weight excluding hydrogens is 277 g/mol. The van der Waals surface area contributed by atoms with Crippen LogP contribution in [0.1, 0.15) is 11.1 Å². The van der Waals surface area contributed by atoms with Gasteiger partial charge < -0.3 is 9.47 Å². The molecular formula is C10H8ClF3O2S. The van der Waals surface area contributed by atoms with Crippen molar-refractivity contribution in [2.45, 2.75) is 6.18 Å². The molecule has 0 fully saturated rings. The van der Waals surface area contributed by atoms with Crippen molar-refractivity contribution < 1.29 is 22.6 Å². The SMILES string of the molecule is COc1cc(C(=S)Cl)cc(C(F)(F)F)c1OC. The molecule has 1 aromatic rings. The van der Waals surface area contributed by atoms with Crippen molar-refractivity contribution in [2.75, 3.05) is 14.2 Å². The molecule has 0 heterocycles. The smallest absolute Gasteiger partial charge is 0.420 e. The lowest BCUT2D eigenvalue weighted by molar-refractivity contribution is -0.138. The van der Waals surface area contributed by atoms with Gasteiger partial charge >= 0.3 is 6.18 Å². The zero-order chi connectivity index (χ0) is 13.2. The van der Waals surface area contributed by atoms with Crippen LogP contribution in [0, 0.1) is 0 Å². The third-order valence-electron chi connectivity index (χ3n) is 2.01. The Morgan fingerprint density at radius 1 is 1.24 bits per heavy atom. The van der Waals surface area contributed by atoms with E-state index in [1.807, 2.05) is 0 Å². The second kappa shape index (κ2) is 5.10. The Kier molecular flexibility index (Phi) is 4.21. The highest BCUT2D eigenvalue weighted by atomic mass is 35.5. The predicted molar refractivity (Wildman–Crippen MR) is 62.1 cm³/mol. The first-order valence-corrected chi connectivity index (χ1v) is 5.13. The van der Waals surface area contributed by atoms with Crippen LogP contribution in [0.5, 0.6) is 11.5 Å². The first-order chi connectivity index (χ1) is 7.81. The molecule has 0 radical (unpaired) electrons. The van der Waals surface area contributed by atoms with Gasteiger partial charge in [0, 0.05) is 5.56 Å². The van der Waals surface area contributed by atoms with Crippen molar-refractivity contribution in [3.8, 4) is 11.5 Å². The Hall–Kier alpha value is -1.01. The molecule has 0 aromatic heterocycles. The van der Waals surface area contributed by atoms with Gasteiger partial charge in [0.25, 0.3) is 0 Å². The molecule has 0 aliphatic heterocycles. The zero-order valence-corrected chi connectivity index (χ0v) is 10.5. The van der Waals surface area contributed by atoms with Crippen molar-refractivity contribution in [2.24, 2.45) is 0 Å². The molecule has 94 valence electrons. The van der Waals surface area contributed by atoms with E-state index in [1.165, 1.54) is 13.2 Å². The molecule has 1 aromatic carbocycles. The maximum Gasteiger partial charge on any atom is 0.420 e. The summed E-state index contributed by atoms with van der Waals surface area (Å²) in [5.74, 6) is -0.461. The Labute approximate surface area is 106 Å². The minimum atomic E-state index is -4.57. The van der Waals surface area contributed by atoms with Gasteiger partial charge in [-0.25, -0.2) is 0 Å². The molecule has 7 heteroatoms. The summed E-state index contributed by atoms with van der Waals surface area (Å²) in [4.78, 5) is 0. The lowest BCUT2D eigenvalue weighted by Crippen LogP contribution is -2.10. The lowest BCUT2D eigenvalue weighted by atomic mass is 10.1. The van der Waals surface area contributed by atoms with E-state index in [1.54, 1.807) is 0 Å². The van der Waals surface area contributed by atoms with Crippen LogP contribution in [0.15, 0.2) is 12.1 Å². The second-order valence-corrected chi connectivity index (χ2v) is 4.04. The van der Waals surface area contributed by atoms with Gasteiger partial charge in [0.05, 0.1) is 14.2 Å². The van der Waals surface area contributed by atoms with Gasteiger partial charge in [-0.15, -0.1) is 0 Å². The van der Waals surface area contributed by atoms with Gasteiger partial charge in [0.2, 0.25) is 0 Å². The summed E-state index contributed by atoms with van der Waals surface area (Å²) in [7, 11) is 2.37. The number of benzene rings is 1. The monoisotopic (exact) mass is 284 g/mol. The highest BCUT2D eigenvalue weighted by Crippen LogP contribution is 2.42. The largest absolute Gasteiger partial charge is 0.493 e. The number of hydrogen-bond acceptors (Lipinski definition) is 3. The molecule has 0 aliphatic rings. The molecule has 0 unspecified atom stereocenters. The molecule has 2 nitrogen and oxygen atoms in total. The summed E-state index contributed by atoms with van der Waals surface area (Å²) in [6, 6.07) is 2.13. The van der Waals surface area contributed by atoms with Gasteiger partial charge in [-0.2, -0.15) is 13.2 Å². The van der Waals surface area contributed by atoms with Crippen LogP contribution in [0.2, 0.25) is 0 Å². The van der Waals surface area contributed by atoms with E-state index in [4.69, 9.17) is 21.1 Å². The summed E-state index contributed by atoms with van der Waals surface area (Å²) in [5.41, 5.74) is -0.913. The van der Waals surface area contributed by atoms with E-state index < -0.39 is 17.5 Å². The van der Waals surface area contributed by atoms with Gasteiger partial charge in [-0.3, -0.25) is 0 Å². The number of ether oxygens (including phenoxy) is 2. The minimum Gasteiger partial charge on any atom is -0.493 e. The van der Waals surface area contributed by atoms with Crippen LogP contribution >= 0.6 is 23.8 Å². The summed E-state index contributed by atoms with van der Waals surface area (Å²) in [5, 5.41) is 0. The van der Waals surface area contributed by atoms with Gasteiger partial charge in [0.15, 0.2) is 11.5 Å². The number of alkyl halides is 3.